The number of aromatic nitrogens is 2. The van der Waals surface area contributed by atoms with Gasteiger partial charge >= 0.3 is 11.6 Å². The molecule has 1 N–H and O–H groups in total. The van der Waals surface area contributed by atoms with Crippen molar-refractivity contribution in [3.63, 3.8) is 0 Å². The van der Waals surface area contributed by atoms with E-state index < -0.39 is 17.5 Å². The van der Waals surface area contributed by atoms with Crippen molar-refractivity contribution in [1.29, 1.82) is 0 Å². The standard InChI is InChI=1S/C19H21N3O6/c1-10-8-14(13-4-3-7-27-13)28-18(24)15(10)17(23)22-6-5-12-11(9-22)16(21-20-12)19(25)26-2/h8,13H,3-7,9H2,1-2H3,(H,20,21). The van der Waals surface area contributed by atoms with Gasteiger partial charge in [-0.2, -0.15) is 5.10 Å². The van der Waals surface area contributed by atoms with Crippen molar-refractivity contribution in [1.82, 2.24) is 15.1 Å². The molecule has 1 fully saturated rings. The number of hydrogen-bond acceptors (Lipinski definition) is 7. The third-order valence-corrected chi connectivity index (χ3v) is 5.23. The zero-order valence-electron chi connectivity index (χ0n) is 15.7. The van der Waals surface area contributed by atoms with Gasteiger partial charge in [0.25, 0.3) is 5.91 Å². The number of hydrogen-bond donors (Lipinski definition) is 1. The number of H-pyrrole nitrogens is 1. The summed E-state index contributed by atoms with van der Waals surface area (Å²) in [5, 5.41) is 6.81. The van der Waals surface area contributed by atoms with E-state index in [0.717, 1.165) is 18.5 Å². The number of amides is 1. The molecule has 0 saturated carbocycles. The van der Waals surface area contributed by atoms with Crippen molar-refractivity contribution in [3.05, 3.63) is 50.3 Å². The average Bonchev–Trinajstić information content (AvgIpc) is 3.36. The Morgan fingerprint density at radius 2 is 2.21 bits per heavy atom. The Kier molecular flexibility index (Phi) is 4.76. The highest BCUT2D eigenvalue weighted by Crippen LogP contribution is 2.29. The molecule has 4 rings (SSSR count). The number of aryl methyl sites for hydroxylation is 1. The van der Waals surface area contributed by atoms with E-state index in [2.05, 4.69) is 10.2 Å². The fraction of sp³-hybridized carbons (Fsp3) is 0.474. The van der Waals surface area contributed by atoms with Crippen LogP contribution < -0.4 is 5.63 Å². The van der Waals surface area contributed by atoms with Crippen LogP contribution in [0.1, 0.15) is 62.4 Å². The van der Waals surface area contributed by atoms with E-state index in [1.807, 2.05) is 0 Å². The molecule has 1 atom stereocenters. The van der Waals surface area contributed by atoms with Crippen molar-refractivity contribution in [2.45, 2.75) is 38.8 Å². The Bertz CT molecular complexity index is 986. The molecule has 1 saturated heterocycles. The van der Waals surface area contributed by atoms with Gasteiger partial charge in [0.15, 0.2) is 5.69 Å². The molecule has 4 heterocycles. The molecule has 28 heavy (non-hydrogen) atoms. The largest absolute Gasteiger partial charge is 0.464 e. The smallest absolute Gasteiger partial charge is 0.358 e. The third kappa shape index (κ3) is 3.11. The van der Waals surface area contributed by atoms with Gasteiger partial charge in [0, 0.05) is 30.8 Å². The van der Waals surface area contributed by atoms with Gasteiger partial charge in [0.05, 0.1) is 13.7 Å². The predicted molar refractivity (Wildman–Crippen MR) is 96.0 cm³/mol. The number of methoxy groups -OCH3 is 1. The summed E-state index contributed by atoms with van der Waals surface area (Å²) in [6, 6.07) is 1.71. The minimum atomic E-state index is -0.665. The van der Waals surface area contributed by atoms with Gasteiger partial charge in [-0.1, -0.05) is 0 Å². The second-order valence-corrected chi connectivity index (χ2v) is 6.99. The van der Waals surface area contributed by atoms with E-state index in [1.54, 1.807) is 13.0 Å². The third-order valence-electron chi connectivity index (χ3n) is 5.23. The zero-order valence-corrected chi connectivity index (χ0v) is 15.7. The van der Waals surface area contributed by atoms with Crippen LogP contribution in [0.25, 0.3) is 0 Å². The maximum atomic E-state index is 13.0. The summed E-state index contributed by atoms with van der Waals surface area (Å²) in [7, 11) is 1.28. The van der Waals surface area contributed by atoms with Crippen molar-refractivity contribution in [2.75, 3.05) is 20.3 Å². The van der Waals surface area contributed by atoms with Gasteiger partial charge < -0.3 is 18.8 Å². The normalized spacial score (nSPS) is 18.8. The molecule has 2 aromatic rings. The quantitative estimate of drug-likeness (QED) is 0.794. The Hall–Kier alpha value is -2.94. The number of ether oxygens (including phenoxy) is 2. The minimum absolute atomic E-state index is 0.00769. The summed E-state index contributed by atoms with van der Waals surface area (Å²) in [6.45, 7) is 2.93. The average molecular weight is 387 g/mol. The maximum Gasteiger partial charge on any atom is 0.358 e. The molecule has 148 valence electrons. The first-order chi connectivity index (χ1) is 13.5. The van der Waals surface area contributed by atoms with Crippen molar-refractivity contribution in [3.8, 4) is 0 Å². The number of nitrogens with one attached hydrogen (secondary N) is 1. The highest BCUT2D eigenvalue weighted by atomic mass is 16.5. The van der Waals surface area contributed by atoms with E-state index in [9.17, 15) is 14.4 Å². The van der Waals surface area contributed by atoms with E-state index in [-0.39, 0.29) is 23.9 Å². The Morgan fingerprint density at radius 3 is 2.89 bits per heavy atom. The minimum Gasteiger partial charge on any atom is -0.464 e. The first kappa shape index (κ1) is 18.4. The topological polar surface area (TPSA) is 115 Å². The lowest BCUT2D eigenvalue weighted by molar-refractivity contribution is 0.0586. The second kappa shape index (κ2) is 7.23. The summed E-state index contributed by atoms with van der Waals surface area (Å²) in [4.78, 5) is 39.0. The fourth-order valence-electron chi connectivity index (χ4n) is 3.74. The van der Waals surface area contributed by atoms with E-state index in [0.29, 0.717) is 36.5 Å². The van der Waals surface area contributed by atoms with Crippen molar-refractivity contribution >= 4 is 11.9 Å². The highest BCUT2D eigenvalue weighted by molar-refractivity contribution is 5.95. The Morgan fingerprint density at radius 1 is 1.39 bits per heavy atom. The lowest BCUT2D eigenvalue weighted by Gasteiger charge is -2.27. The molecule has 0 aliphatic carbocycles. The van der Waals surface area contributed by atoms with Gasteiger partial charge in [-0.15, -0.1) is 0 Å². The number of aromatic amines is 1. The number of rotatable bonds is 3. The molecule has 0 spiro atoms. The molecular formula is C19H21N3O6. The summed E-state index contributed by atoms with van der Waals surface area (Å²) >= 11 is 0. The summed E-state index contributed by atoms with van der Waals surface area (Å²) in [5.74, 6) is -0.531. The summed E-state index contributed by atoms with van der Waals surface area (Å²) < 4.78 is 15.7. The van der Waals surface area contributed by atoms with Crippen LogP contribution >= 0.6 is 0 Å². The van der Waals surface area contributed by atoms with E-state index in [1.165, 1.54) is 12.0 Å². The molecule has 2 aromatic heterocycles. The number of fused-ring (bicyclic) bond motifs is 1. The Labute approximate surface area is 160 Å². The summed E-state index contributed by atoms with van der Waals surface area (Å²) in [5.41, 5.74) is 1.46. The van der Waals surface area contributed by atoms with Crippen LogP contribution in [0, 0.1) is 6.92 Å². The monoisotopic (exact) mass is 387 g/mol. The number of carbonyl (C=O) groups is 2. The molecule has 0 aromatic carbocycles. The molecule has 1 amide bonds. The molecule has 2 aliphatic heterocycles. The van der Waals surface area contributed by atoms with Crippen LogP contribution in [0.5, 0.6) is 0 Å². The summed E-state index contributed by atoms with van der Waals surface area (Å²) in [6.07, 6.45) is 1.98. The van der Waals surface area contributed by atoms with Crippen LogP contribution in [0.15, 0.2) is 15.3 Å². The molecule has 0 radical (unpaired) electrons. The molecule has 1 unspecified atom stereocenters. The molecule has 2 aliphatic rings. The van der Waals surface area contributed by atoms with Crippen molar-refractivity contribution < 1.29 is 23.5 Å². The van der Waals surface area contributed by atoms with Gasteiger partial charge in [0.1, 0.15) is 17.4 Å². The second-order valence-electron chi connectivity index (χ2n) is 6.99. The molecular weight excluding hydrogens is 366 g/mol. The highest BCUT2D eigenvalue weighted by Gasteiger charge is 2.31. The van der Waals surface area contributed by atoms with E-state index >= 15 is 0 Å². The van der Waals surface area contributed by atoms with Crippen LogP contribution in [-0.4, -0.2) is 47.2 Å². The van der Waals surface area contributed by atoms with Gasteiger partial charge in [0.2, 0.25) is 0 Å². The molecule has 0 bridgehead atoms. The first-order valence-corrected chi connectivity index (χ1v) is 9.19. The van der Waals surface area contributed by atoms with Crippen LogP contribution in [0.3, 0.4) is 0 Å². The van der Waals surface area contributed by atoms with Gasteiger partial charge in [-0.05, 0) is 31.4 Å². The lowest BCUT2D eigenvalue weighted by atomic mass is 10.0. The molecule has 9 nitrogen and oxygen atoms in total. The zero-order chi connectivity index (χ0) is 19.8. The maximum absolute atomic E-state index is 13.0. The number of nitrogens with zero attached hydrogens (tertiary/aromatic N) is 2. The number of carbonyl (C=O) groups excluding carboxylic acids is 2. The predicted octanol–water partition coefficient (Wildman–Crippen LogP) is 1.51. The van der Waals surface area contributed by atoms with Crippen LogP contribution in [0.4, 0.5) is 0 Å². The number of esters is 1. The van der Waals surface area contributed by atoms with Gasteiger partial charge in [-0.3, -0.25) is 9.89 Å². The van der Waals surface area contributed by atoms with Crippen molar-refractivity contribution in [2.24, 2.45) is 0 Å². The Balaban J connectivity index is 1.61. The van der Waals surface area contributed by atoms with Gasteiger partial charge in [-0.25, -0.2) is 9.59 Å². The lowest BCUT2D eigenvalue weighted by Crippen LogP contribution is -2.39. The molecule has 9 heteroatoms. The first-order valence-electron chi connectivity index (χ1n) is 9.19. The van der Waals surface area contributed by atoms with Crippen LogP contribution in [0.2, 0.25) is 0 Å². The SMILES string of the molecule is COC(=O)c1n[nH]c2c1CN(C(=O)c1c(C)cc(C3CCCO3)oc1=O)CC2. The van der Waals surface area contributed by atoms with Crippen LogP contribution in [-0.2, 0) is 22.4 Å². The van der Waals surface area contributed by atoms with E-state index in [4.69, 9.17) is 13.9 Å². The fourth-order valence-corrected chi connectivity index (χ4v) is 3.74.